The smallest absolute Gasteiger partial charge is 0.319 e. The minimum absolute atomic E-state index is 0.117. The molecule has 1 saturated carbocycles. The Labute approximate surface area is 131 Å². The van der Waals surface area contributed by atoms with Gasteiger partial charge in [0, 0.05) is 24.0 Å². The number of rotatable bonds is 3. The van der Waals surface area contributed by atoms with Crippen LogP contribution in [0.4, 0.5) is 10.5 Å². The average Bonchev–Trinajstić information content (AvgIpc) is 2.57. The Bertz CT molecular complexity index is 621. The van der Waals surface area contributed by atoms with Crippen molar-refractivity contribution in [3.05, 3.63) is 48.8 Å². The van der Waals surface area contributed by atoms with Crippen LogP contribution in [-0.2, 0) is 0 Å². The van der Waals surface area contributed by atoms with Gasteiger partial charge in [0.2, 0.25) is 0 Å². The van der Waals surface area contributed by atoms with Gasteiger partial charge in [-0.3, -0.25) is 4.98 Å². The molecule has 2 amide bonds. The Morgan fingerprint density at radius 3 is 2.50 bits per heavy atom. The molecule has 1 aliphatic carbocycles. The second-order valence-corrected chi connectivity index (χ2v) is 5.71. The van der Waals surface area contributed by atoms with E-state index >= 15 is 0 Å². The fraction of sp³-hybridized carbons (Fsp3) is 0.333. The van der Waals surface area contributed by atoms with Crippen LogP contribution >= 0.6 is 0 Å². The summed E-state index contributed by atoms with van der Waals surface area (Å²) < 4.78 is 0. The minimum Gasteiger partial charge on any atom is -0.335 e. The number of pyridine rings is 1. The molecular weight excluding hydrogens is 274 g/mol. The summed E-state index contributed by atoms with van der Waals surface area (Å²) in [4.78, 5) is 16.3. The molecule has 0 atom stereocenters. The Kier molecular flexibility index (Phi) is 4.68. The van der Waals surface area contributed by atoms with E-state index in [1.54, 1.807) is 12.4 Å². The predicted octanol–water partition coefficient (Wildman–Crippen LogP) is 4.20. The van der Waals surface area contributed by atoms with Crippen molar-refractivity contribution in [1.29, 1.82) is 0 Å². The Hall–Kier alpha value is -2.36. The lowest BCUT2D eigenvalue weighted by Crippen LogP contribution is -2.39. The maximum absolute atomic E-state index is 12.2. The van der Waals surface area contributed by atoms with Gasteiger partial charge in [-0.25, -0.2) is 4.79 Å². The standard InChI is InChI=1S/C18H21N3O/c22-18(20-15-6-2-1-3-7-15)21-17-9-5-4-8-16(17)14-10-12-19-13-11-14/h4-5,8-13,15H,1-3,6-7H2,(H2,20,21,22). The van der Waals surface area contributed by atoms with Crippen molar-refractivity contribution in [2.45, 2.75) is 38.1 Å². The summed E-state index contributed by atoms with van der Waals surface area (Å²) in [5.74, 6) is 0. The zero-order valence-electron chi connectivity index (χ0n) is 12.6. The van der Waals surface area contributed by atoms with Gasteiger partial charge in [0.25, 0.3) is 0 Å². The first-order valence-corrected chi connectivity index (χ1v) is 7.90. The van der Waals surface area contributed by atoms with Crippen LogP contribution in [0.15, 0.2) is 48.8 Å². The molecule has 2 aromatic rings. The molecule has 0 bridgehead atoms. The molecule has 1 aromatic heterocycles. The number of anilines is 1. The van der Waals surface area contributed by atoms with Gasteiger partial charge in [-0.05, 0) is 36.6 Å². The summed E-state index contributed by atoms with van der Waals surface area (Å²) in [7, 11) is 0. The van der Waals surface area contributed by atoms with Crippen LogP contribution in [0.3, 0.4) is 0 Å². The van der Waals surface area contributed by atoms with E-state index in [1.165, 1.54) is 19.3 Å². The van der Waals surface area contributed by atoms with Crippen molar-refractivity contribution in [3.8, 4) is 11.1 Å². The monoisotopic (exact) mass is 295 g/mol. The van der Waals surface area contributed by atoms with E-state index in [9.17, 15) is 4.79 Å². The van der Waals surface area contributed by atoms with E-state index in [0.29, 0.717) is 6.04 Å². The third-order valence-electron chi connectivity index (χ3n) is 4.11. The second kappa shape index (κ2) is 7.07. The summed E-state index contributed by atoms with van der Waals surface area (Å²) in [6, 6.07) is 11.9. The van der Waals surface area contributed by atoms with Gasteiger partial charge in [0.1, 0.15) is 0 Å². The molecule has 1 aliphatic rings. The highest BCUT2D eigenvalue weighted by molar-refractivity contribution is 5.94. The second-order valence-electron chi connectivity index (χ2n) is 5.71. The number of hydrogen-bond acceptors (Lipinski definition) is 2. The van der Waals surface area contributed by atoms with E-state index < -0.39 is 0 Å². The lowest BCUT2D eigenvalue weighted by Gasteiger charge is -2.23. The first-order valence-electron chi connectivity index (χ1n) is 7.90. The predicted molar refractivity (Wildman–Crippen MR) is 88.7 cm³/mol. The zero-order valence-corrected chi connectivity index (χ0v) is 12.6. The number of nitrogens with zero attached hydrogens (tertiary/aromatic N) is 1. The number of carbonyl (C=O) groups excluding carboxylic acids is 1. The van der Waals surface area contributed by atoms with Gasteiger partial charge in [0.15, 0.2) is 0 Å². The number of benzene rings is 1. The quantitative estimate of drug-likeness (QED) is 0.891. The molecule has 114 valence electrons. The Balaban J connectivity index is 1.71. The molecule has 4 nitrogen and oxygen atoms in total. The van der Waals surface area contributed by atoms with Crippen LogP contribution in [0, 0.1) is 0 Å². The van der Waals surface area contributed by atoms with Crippen LogP contribution in [0.5, 0.6) is 0 Å². The minimum atomic E-state index is -0.117. The van der Waals surface area contributed by atoms with Crippen LogP contribution in [0.25, 0.3) is 11.1 Å². The fourth-order valence-corrected chi connectivity index (χ4v) is 2.97. The number of aromatic nitrogens is 1. The highest BCUT2D eigenvalue weighted by Gasteiger charge is 2.16. The van der Waals surface area contributed by atoms with Gasteiger partial charge in [-0.2, -0.15) is 0 Å². The van der Waals surface area contributed by atoms with Gasteiger partial charge in [-0.15, -0.1) is 0 Å². The van der Waals surface area contributed by atoms with E-state index in [1.807, 2.05) is 36.4 Å². The van der Waals surface area contributed by atoms with Crippen molar-refractivity contribution >= 4 is 11.7 Å². The van der Waals surface area contributed by atoms with E-state index in [2.05, 4.69) is 15.6 Å². The van der Waals surface area contributed by atoms with E-state index in [-0.39, 0.29) is 6.03 Å². The topological polar surface area (TPSA) is 54.0 Å². The summed E-state index contributed by atoms with van der Waals surface area (Å²) in [6.07, 6.45) is 9.38. The van der Waals surface area contributed by atoms with Crippen LogP contribution in [0.1, 0.15) is 32.1 Å². The fourth-order valence-electron chi connectivity index (χ4n) is 2.97. The maximum Gasteiger partial charge on any atom is 0.319 e. The summed E-state index contributed by atoms with van der Waals surface area (Å²) >= 11 is 0. The van der Waals surface area contributed by atoms with E-state index in [0.717, 1.165) is 29.7 Å². The number of para-hydroxylation sites is 1. The number of urea groups is 1. The SMILES string of the molecule is O=C(Nc1ccccc1-c1ccncc1)NC1CCCCC1. The van der Waals surface area contributed by atoms with E-state index in [4.69, 9.17) is 0 Å². The molecular formula is C18H21N3O. The maximum atomic E-state index is 12.2. The number of hydrogen-bond donors (Lipinski definition) is 2. The molecule has 4 heteroatoms. The highest BCUT2D eigenvalue weighted by atomic mass is 16.2. The highest BCUT2D eigenvalue weighted by Crippen LogP contribution is 2.27. The third kappa shape index (κ3) is 3.64. The normalized spacial score (nSPS) is 15.3. The molecule has 0 radical (unpaired) electrons. The third-order valence-corrected chi connectivity index (χ3v) is 4.11. The molecule has 22 heavy (non-hydrogen) atoms. The largest absolute Gasteiger partial charge is 0.335 e. The van der Waals surface area contributed by atoms with Gasteiger partial charge >= 0.3 is 6.03 Å². The lowest BCUT2D eigenvalue weighted by molar-refractivity contribution is 0.244. The summed E-state index contributed by atoms with van der Waals surface area (Å²) in [5.41, 5.74) is 2.87. The molecule has 0 unspecified atom stereocenters. The number of carbonyl (C=O) groups is 1. The first-order chi connectivity index (χ1) is 10.8. The van der Waals surface area contributed by atoms with Gasteiger partial charge in [-0.1, -0.05) is 37.5 Å². The van der Waals surface area contributed by atoms with Crippen LogP contribution in [0.2, 0.25) is 0 Å². The molecule has 3 rings (SSSR count). The average molecular weight is 295 g/mol. The summed E-state index contributed by atoms with van der Waals surface area (Å²) in [6.45, 7) is 0. The Morgan fingerprint density at radius 1 is 1.00 bits per heavy atom. The van der Waals surface area contributed by atoms with Crippen LogP contribution < -0.4 is 10.6 Å². The number of nitrogens with one attached hydrogen (secondary N) is 2. The van der Waals surface area contributed by atoms with Gasteiger partial charge in [0.05, 0.1) is 5.69 Å². The molecule has 0 saturated heterocycles. The molecule has 2 N–H and O–H groups in total. The molecule has 0 spiro atoms. The van der Waals surface area contributed by atoms with Crippen LogP contribution in [-0.4, -0.2) is 17.1 Å². The summed E-state index contributed by atoms with van der Waals surface area (Å²) in [5, 5.41) is 6.07. The molecule has 0 aliphatic heterocycles. The van der Waals surface area contributed by atoms with Crippen molar-refractivity contribution in [2.75, 3.05) is 5.32 Å². The lowest BCUT2D eigenvalue weighted by atomic mass is 9.96. The van der Waals surface area contributed by atoms with Crippen molar-refractivity contribution < 1.29 is 4.79 Å². The Morgan fingerprint density at radius 2 is 1.73 bits per heavy atom. The molecule has 1 aromatic carbocycles. The number of amides is 2. The van der Waals surface area contributed by atoms with Crippen molar-refractivity contribution in [2.24, 2.45) is 0 Å². The van der Waals surface area contributed by atoms with Crippen molar-refractivity contribution in [3.63, 3.8) is 0 Å². The molecule has 1 heterocycles. The van der Waals surface area contributed by atoms with Crippen molar-refractivity contribution in [1.82, 2.24) is 10.3 Å². The molecule has 1 fully saturated rings. The first kappa shape index (κ1) is 14.6. The van der Waals surface area contributed by atoms with Gasteiger partial charge < -0.3 is 10.6 Å². The zero-order chi connectivity index (χ0) is 15.2.